The van der Waals surface area contributed by atoms with Gasteiger partial charge in [-0.05, 0) is 43.2 Å². The number of anilines is 3. The Bertz CT molecular complexity index is 1000. The molecule has 7 nitrogen and oxygen atoms in total. The fourth-order valence-corrected chi connectivity index (χ4v) is 2.67. The Morgan fingerprint density at radius 2 is 1.71 bits per heavy atom. The first-order valence-electron chi connectivity index (χ1n) is 8.70. The highest BCUT2D eigenvalue weighted by atomic mass is 16.5. The van der Waals surface area contributed by atoms with E-state index in [0.29, 0.717) is 23.0 Å². The molecule has 2 N–H and O–H groups in total. The van der Waals surface area contributed by atoms with Gasteiger partial charge in [-0.2, -0.15) is 0 Å². The number of methoxy groups -OCH3 is 2. The molecule has 3 rings (SSSR count). The van der Waals surface area contributed by atoms with Crippen LogP contribution in [0.25, 0.3) is 0 Å². The summed E-state index contributed by atoms with van der Waals surface area (Å²) in [5.74, 6) is 1.31. The molecule has 0 bridgehead atoms. The highest BCUT2D eigenvalue weighted by Gasteiger charge is 2.12. The van der Waals surface area contributed by atoms with Crippen LogP contribution in [0.3, 0.4) is 0 Å². The van der Waals surface area contributed by atoms with E-state index in [1.165, 1.54) is 6.33 Å². The molecule has 0 aliphatic heterocycles. The summed E-state index contributed by atoms with van der Waals surface area (Å²) in [5.41, 5.74) is 3.97. The minimum Gasteiger partial charge on any atom is -0.493 e. The van der Waals surface area contributed by atoms with Gasteiger partial charge in [0.15, 0.2) is 11.5 Å². The van der Waals surface area contributed by atoms with Crippen molar-refractivity contribution in [1.29, 1.82) is 0 Å². The van der Waals surface area contributed by atoms with E-state index in [1.54, 1.807) is 38.5 Å². The number of amides is 1. The maximum atomic E-state index is 12.6. The maximum Gasteiger partial charge on any atom is 0.274 e. The molecule has 7 heteroatoms. The van der Waals surface area contributed by atoms with Gasteiger partial charge in [-0.25, -0.2) is 9.97 Å². The van der Waals surface area contributed by atoms with Gasteiger partial charge < -0.3 is 20.1 Å². The molecule has 0 saturated carbocycles. The second kappa shape index (κ2) is 8.39. The van der Waals surface area contributed by atoms with Crippen molar-refractivity contribution < 1.29 is 14.3 Å². The summed E-state index contributed by atoms with van der Waals surface area (Å²) < 4.78 is 10.5. The lowest BCUT2D eigenvalue weighted by Gasteiger charge is -2.12. The zero-order valence-electron chi connectivity index (χ0n) is 16.2. The Labute approximate surface area is 163 Å². The monoisotopic (exact) mass is 378 g/mol. The summed E-state index contributed by atoms with van der Waals surface area (Å²) in [6, 6.07) is 12.9. The first kappa shape index (κ1) is 19.2. The van der Waals surface area contributed by atoms with E-state index in [1.807, 2.05) is 32.0 Å². The number of carbonyl (C=O) groups is 1. The number of nitrogens with one attached hydrogen (secondary N) is 2. The summed E-state index contributed by atoms with van der Waals surface area (Å²) in [5, 5.41) is 6.04. The van der Waals surface area contributed by atoms with Gasteiger partial charge in [0.1, 0.15) is 17.8 Å². The smallest absolute Gasteiger partial charge is 0.274 e. The predicted molar refractivity (Wildman–Crippen MR) is 109 cm³/mol. The molecule has 0 aliphatic carbocycles. The SMILES string of the molecule is COc1ccc(NC(=O)c2cc(Nc3cc(C)ccc3C)ncn2)cc1OC. The summed E-state index contributed by atoms with van der Waals surface area (Å²) in [7, 11) is 3.10. The van der Waals surface area contributed by atoms with E-state index >= 15 is 0 Å². The molecule has 0 aliphatic rings. The summed E-state index contributed by atoms with van der Waals surface area (Å²) in [4.78, 5) is 20.9. The number of carbonyl (C=O) groups excluding carboxylic acids is 1. The normalized spacial score (nSPS) is 10.3. The van der Waals surface area contributed by atoms with Gasteiger partial charge in [0.25, 0.3) is 5.91 Å². The molecule has 1 aromatic heterocycles. The number of ether oxygens (including phenoxy) is 2. The number of aryl methyl sites for hydroxylation is 2. The van der Waals surface area contributed by atoms with Crippen LogP contribution >= 0.6 is 0 Å². The van der Waals surface area contributed by atoms with Crippen LogP contribution in [-0.4, -0.2) is 30.1 Å². The van der Waals surface area contributed by atoms with Gasteiger partial charge in [-0.1, -0.05) is 12.1 Å². The van der Waals surface area contributed by atoms with Crippen molar-refractivity contribution in [2.45, 2.75) is 13.8 Å². The van der Waals surface area contributed by atoms with Crippen molar-refractivity contribution in [2.24, 2.45) is 0 Å². The Morgan fingerprint density at radius 1 is 0.929 bits per heavy atom. The van der Waals surface area contributed by atoms with Gasteiger partial charge in [-0.15, -0.1) is 0 Å². The number of nitrogens with zero attached hydrogens (tertiary/aromatic N) is 2. The van der Waals surface area contributed by atoms with Crippen LogP contribution in [-0.2, 0) is 0 Å². The van der Waals surface area contributed by atoms with Crippen molar-refractivity contribution in [3.05, 3.63) is 65.6 Å². The largest absolute Gasteiger partial charge is 0.493 e. The lowest BCUT2D eigenvalue weighted by Crippen LogP contribution is -2.14. The average molecular weight is 378 g/mol. The number of hydrogen-bond acceptors (Lipinski definition) is 6. The van der Waals surface area contributed by atoms with Crippen molar-refractivity contribution in [1.82, 2.24) is 9.97 Å². The number of hydrogen-bond donors (Lipinski definition) is 2. The first-order chi connectivity index (χ1) is 13.5. The third kappa shape index (κ3) is 4.37. The van der Waals surface area contributed by atoms with Crippen molar-refractivity contribution >= 4 is 23.1 Å². The zero-order chi connectivity index (χ0) is 20.1. The van der Waals surface area contributed by atoms with Crippen LogP contribution in [0.4, 0.5) is 17.2 Å². The van der Waals surface area contributed by atoms with Gasteiger partial charge in [0.2, 0.25) is 0 Å². The molecule has 1 heterocycles. The number of rotatable bonds is 6. The lowest BCUT2D eigenvalue weighted by molar-refractivity contribution is 0.102. The van der Waals surface area contributed by atoms with Crippen LogP contribution in [0.2, 0.25) is 0 Å². The summed E-state index contributed by atoms with van der Waals surface area (Å²) >= 11 is 0. The average Bonchev–Trinajstić information content (AvgIpc) is 2.70. The first-order valence-corrected chi connectivity index (χ1v) is 8.70. The molecule has 0 saturated heterocycles. The lowest BCUT2D eigenvalue weighted by atomic mass is 10.1. The van der Waals surface area contributed by atoms with Crippen molar-refractivity contribution in [2.75, 3.05) is 24.9 Å². The van der Waals surface area contributed by atoms with Crippen molar-refractivity contribution in [3.63, 3.8) is 0 Å². The van der Waals surface area contributed by atoms with E-state index in [2.05, 4.69) is 20.6 Å². The molecule has 0 fully saturated rings. The molecule has 0 unspecified atom stereocenters. The molecule has 28 heavy (non-hydrogen) atoms. The minimum atomic E-state index is -0.348. The highest BCUT2D eigenvalue weighted by molar-refractivity contribution is 6.03. The fourth-order valence-electron chi connectivity index (χ4n) is 2.67. The predicted octanol–water partition coefficient (Wildman–Crippen LogP) is 4.11. The molecular formula is C21H22N4O3. The molecular weight excluding hydrogens is 356 g/mol. The van der Waals surface area contributed by atoms with Crippen LogP contribution in [0.1, 0.15) is 21.6 Å². The van der Waals surface area contributed by atoms with Gasteiger partial charge >= 0.3 is 0 Å². The third-order valence-corrected chi connectivity index (χ3v) is 4.20. The van der Waals surface area contributed by atoms with Gasteiger partial charge in [0, 0.05) is 23.5 Å². The fraction of sp³-hybridized carbons (Fsp3) is 0.190. The van der Waals surface area contributed by atoms with Gasteiger partial charge in [0.05, 0.1) is 14.2 Å². The molecule has 144 valence electrons. The maximum absolute atomic E-state index is 12.6. The standard InChI is InChI=1S/C21H22N4O3/c1-13-5-6-14(2)16(9-13)25-20-11-17(22-12-23-20)21(26)24-15-7-8-18(27-3)19(10-15)28-4/h5-12H,1-4H3,(H,24,26)(H,22,23,25). The van der Waals surface area contributed by atoms with Gasteiger partial charge in [-0.3, -0.25) is 4.79 Å². The van der Waals surface area contributed by atoms with Crippen LogP contribution in [0.15, 0.2) is 48.8 Å². The number of aromatic nitrogens is 2. The number of benzene rings is 2. The van der Waals surface area contributed by atoms with Crippen molar-refractivity contribution in [3.8, 4) is 11.5 Å². The van der Waals surface area contributed by atoms with Crippen LogP contribution < -0.4 is 20.1 Å². The Morgan fingerprint density at radius 3 is 2.46 bits per heavy atom. The second-order valence-electron chi connectivity index (χ2n) is 6.26. The quantitative estimate of drug-likeness (QED) is 0.671. The van der Waals surface area contributed by atoms with Crippen LogP contribution in [0, 0.1) is 13.8 Å². The Kier molecular flexibility index (Phi) is 5.74. The molecule has 0 spiro atoms. The molecule has 2 aromatic carbocycles. The summed E-state index contributed by atoms with van der Waals surface area (Å²) in [6.07, 6.45) is 1.36. The molecule has 3 aromatic rings. The molecule has 0 atom stereocenters. The van der Waals surface area contributed by atoms with Crippen LogP contribution in [0.5, 0.6) is 11.5 Å². The second-order valence-corrected chi connectivity index (χ2v) is 6.26. The van der Waals surface area contributed by atoms with E-state index in [9.17, 15) is 4.79 Å². The van der Waals surface area contributed by atoms with E-state index in [4.69, 9.17) is 9.47 Å². The minimum absolute atomic E-state index is 0.248. The zero-order valence-corrected chi connectivity index (χ0v) is 16.2. The van der Waals surface area contributed by atoms with E-state index in [-0.39, 0.29) is 11.6 Å². The van der Waals surface area contributed by atoms with E-state index in [0.717, 1.165) is 16.8 Å². The molecule has 1 amide bonds. The topological polar surface area (TPSA) is 85.4 Å². The Balaban J connectivity index is 1.78. The van der Waals surface area contributed by atoms with E-state index < -0.39 is 0 Å². The third-order valence-electron chi connectivity index (χ3n) is 4.20. The molecule has 0 radical (unpaired) electrons. The summed E-state index contributed by atoms with van der Waals surface area (Å²) in [6.45, 7) is 4.03. The Hall–Kier alpha value is -3.61. The highest BCUT2D eigenvalue weighted by Crippen LogP contribution is 2.30.